The standard InChI is InChI=1S/C17H24N4O2/c1-12-16(13(2)23-19-12)6-7-17(22)20-9-4-5-15(11-20)21-10-8-18-14(21)3/h8,10,15H,4-7,9,11H2,1-3H3/t15-/m0/s1. The molecule has 1 aliphatic heterocycles. The Balaban J connectivity index is 1.60. The van der Waals surface area contributed by atoms with Crippen LogP contribution in [0.5, 0.6) is 0 Å². The van der Waals surface area contributed by atoms with E-state index in [0.717, 1.165) is 48.8 Å². The Labute approximate surface area is 136 Å². The molecule has 0 N–H and O–H groups in total. The van der Waals surface area contributed by atoms with Gasteiger partial charge in [-0.25, -0.2) is 4.98 Å². The number of likely N-dealkylation sites (tertiary alicyclic amines) is 1. The Bertz CT molecular complexity index is 669. The Morgan fingerprint density at radius 3 is 2.87 bits per heavy atom. The molecule has 1 fully saturated rings. The maximum Gasteiger partial charge on any atom is 0.222 e. The van der Waals surface area contributed by atoms with Gasteiger partial charge in [0, 0.05) is 37.5 Å². The minimum absolute atomic E-state index is 0.215. The summed E-state index contributed by atoms with van der Waals surface area (Å²) in [6.07, 6.45) is 7.19. The lowest BCUT2D eigenvalue weighted by Crippen LogP contribution is -2.40. The van der Waals surface area contributed by atoms with E-state index in [2.05, 4.69) is 14.7 Å². The van der Waals surface area contributed by atoms with Gasteiger partial charge in [-0.15, -0.1) is 0 Å². The largest absolute Gasteiger partial charge is 0.361 e. The lowest BCUT2D eigenvalue weighted by Gasteiger charge is -2.34. The predicted molar refractivity (Wildman–Crippen MR) is 86.1 cm³/mol. The summed E-state index contributed by atoms with van der Waals surface area (Å²) >= 11 is 0. The summed E-state index contributed by atoms with van der Waals surface area (Å²) in [5.74, 6) is 2.05. The molecule has 23 heavy (non-hydrogen) atoms. The van der Waals surface area contributed by atoms with E-state index in [0.29, 0.717) is 18.9 Å². The Morgan fingerprint density at radius 2 is 2.22 bits per heavy atom. The van der Waals surface area contributed by atoms with E-state index in [9.17, 15) is 4.79 Å². The van der Waals surface area contributed by atoms with E-state index < -0.39 is 0 Å². The number of aryl methyl sites for hydroxylation is 3. The molecule has 0 aliphatic carbocycles. The number of aromatic nitrogens is 3. The highest BCUT2D eigenvalue weighted by Gasteiger charge is 2.25. The number of carbonyl (C=O) groups excluding carboxylic acids is 1. The topological polar surface area (TPSA) is 64.2 Å². The van der Waals surface area contributed by atoms with Crippen LogP contribution in [0.25, 0.3) is 0 Å². The summed E-state index contributed by atoms with van der Waals surface area (Å²) < 4.78 is 7.36. The van der Waals surface area contributed by atoms with E-state index >= 15 is 0 Å². The zero-order valence-electron chi connectivity index (χ0n) is 14.1. The minimum atomic E-state index is 0.215. The molecule has 2 aromatic heterocycles. The van der Waals surface area contributed by atoms with Crippen LogP contribution in [0.3, 0.4) is 0 Å². The number of amides is 1. The van der Waals surface area contributed by atoms with E-state index in [1.54, 1.807) is 0 Å². The van der Waals surface area contributed by atoms with E-state index in [-0.39, 0.29) is 5.91 Å². The van der Waals surface area contributed by atoms with Gasteiger partial charge < -0.3 is 14.0 Å². The van der Waals surface area contributed by atoms with Crippen LogP contribution in [-0.2, 0) is 11.2 Å². The van der Waals surface area contributed by atoms with Crippen LogP contribution in [0.1, 0.15) is 48.1 Å². The van der Waals surface area contributed by atoms with Gasteiger partial charge in [0.05, 0.1) is 11.7 Å². The zero-order chi connectivity index (χ0) is 16.4. The lowest BCUT2D eigenvalue weighted by molar-refractivity contribution is -0.132. The molecular weight excluding hydrogens is 292 g/mol. The molecule has 1 saturated heterocycles. The molecule has 3 rings (SSSR count). The van der Waals surface area contributed by atoms with Crippen molar-refractivity contribution in [2.45, 2.75) is 52.5 Å². The van der Waals surface area contributed by atoms with Gasteiger partial charge in [-0.1, -0.05) is 5.16 Å². The van der Waals surface area contributed by atoms with Crippen molar-refractivity contribution >= 4 is 5.91 Å². The molecule has 0 aromatic carbocycles. The van der Waals surface area contributed by atoms with Gasteiger partial charge in [-0.3, -0.25) is 4.79 Å². The van der Waals surface area contributed by atoms with Crippen LogP contribution >= 0.6 is 0 Å². The number of carbonyl (C=O) groups is 1. The molecule has 1 atom stereocenters. The molecular formula is C17H24N4O2. The van der Waals surface area contributed by atoms with E-state index in [1.165, 1.54) is 0 Å². The Morgan fingerprint density at radius 1 is 1.39 bits per heavy atom. The first kappa shape index (κ1) is 15.8. The maximum atomic E-state index is 12.6. The minimum Gasteiger partial charge on any atom is -0.361 e. The number of hydrogen-bond donors (Lipinski definition) is 0. The number of piperidine rings is 1. The van der Waals surface area contributed by atoms with Crippen molar-refractivity contribution in [3.8, 4) is 0 Å². The number of imidazole rings is 1. The third kappa shape index (κ3) is 3.30. The fourth-order valence-corrected chi connectivity index (χ4v) is 3.43. The van der Waals surface area contributed by atoms with Crippen LogP contribution < -0.4 is 0 Å². The summed E-state index contributed by atoms with van der Waals surface area (Å²) in [6.45, 7) is 7.47. The molecule has 0 saturated carbocycles. The first-order valence-electron chi connectivity index (χ1n) is 8.25. The monoisotopic (exact) mass is 316 g/mol. The van der Waals surface area contributed by atoms with Crippen LogP contribution in [-0.4, -0.2) is 38.6 Å². The molecule has 6 nitrogen and oxygen atoms in total. The van der Waals surface area contributed by atoms with Gasteiger partial charge in [-0.05, 0) is 40.0 Å². The summed E-state index contributed by atoms with van der Waals surface area (Å²) in [4.78, 5) is 18.9. The van der Waals surface area contributed by atoms with Crippen molar-refractivity contribution < 1.29 is 9.32 Å². The molecule has 3 heterocycles. The fourth-order valence-electron chi connectivity index (χ4n) is 3.43. The van der Waals surface area contributed by atoms with E-state index in [4.69, 9.17) is 4.52 Å². The van der Waals surface area contributed by atoms with Gasteiger partial charge in [0.2, 0.25) is 5.91 Å². The van der Waals surface area contributed by atoms with Gasteiger partial charge >= 0.3 is 0 Å². The fraction of sp³-hybridized carbons (Fsp3) is 0.588. The number of hydrogen-bond acceptors (Lipinski definition) is 4. The second-order valence-corrected chi connectivity index (χ2v) is 6.32. The molecule has 124 valence electrons. The van der Waals surface area contributed by atoms with Crippen molar-refractivity contribution in [1.29, 1.82) is 0 Å². The van der Waals surface area contributed by atoms with Gasteiger partial charge in [0.15, 0.2) is 0 Å². The highest BCUT2D eigenvalue weighted by Crippen LogP contribution is 2.23. The van der Waals surface area contributed by atoms with Crippen LogP contribution in [0.4, 0.5) is 0 Å². The third-order valence-corrected chi connectivity index (χ3v) is 4.78. The molecule has 0 bridgehead atoms. The molecule has 0 spiro atoms. The quantitative estimate of drug-likeness (QED) is 0.869. The van der Waals surface area contributed by atoms with Crippen molar-refractivity contribution in [3.63, 3.8) is 0 Å². The first-order valence-corrected chi connectivity index (χ1v) is 8.25. The summed E-state index contributed by atoms with van der Waals surface area (Å²) in [5, 5.41) is 3.95. The van der Waals surface area contributed by atoms with Gasteiger partial charge in [0.25, 0.3) is 0 Å². The van der Waals surface area contributed by atoms with Crippen molar-refractivity contribution in [1.82, 2.24) is 19.6 Å². The number of nitrogens with zero attached hydrogens (tertiary/aromatic N) is 4. The number of rotatable bonds is 4. The van der Waals surface area contributed by atoms with Crippen molar-refractivity contribution in [2.75, 3.05) is 13.1 Å². The molecule has 0 radical (unpaired) electrons. The SMILES string of the molecule is Cc1noc(C)c1CCC(=O)N1CCC[C@H](n2ccnc2C)C1. The highest BCUT2D eigenvalue weighted by molar-refractivity contribution is 5.76. The smallest absolute Gasteiger partial charge is 0.222 e. The molecule has 6 heteroatoms. The third-order valence-electron chi connectivity index (χ3n) is 4.78. The van der Waals surface area contributed by atoms with Crippen LogP contribution in [0.2, 0.25) is 0 Å². The summed E-state index contributed by atoms with van der Waals surface area (Å²) in [5.41, 5.74) is 1.96. The van der Waals surface area contributed by atoms with Gasteiger partial charge in [0.1, 0.15) is 11.6 Å². The van der Waals surface area contributed by atoms with Crippen LogP contribution in [0, 0.1) is 20.8 Å². The van der Waals surface area contributed by atoms with Crippen LogP contribution in [0.15, 0.2) is 16.9 Å². The normalized spacial score (nSPS) is 18.4. The zero-order valence-corrected chi connectivity index (χ0v) is 14.1. The molecule has 1 amide bonds. The average Bonchev–Trinajstić information content (AvgIpc) is 3.11. The summed E-state index contributed by atoms with van der Waals surface area (Å²) in [6, 6.07) is 0.342. The molecule has 0 unspecified atom stereocenters. The first-order chi connectivity index (χ1) is 11.1. The second kappa shape index (κ2) is 6.56. The van der Waals surface area contributed by atoms with Gasteiger partial charge in [-0.2, -0.15) is 0 Å². The maximum absolute atomic E-state index is 12.6. The second-order valence-electron chi connectivity index (χ2n) is 6.32. The molecule has 1 aliphatic rings. The average molecular weight is 316 g/mol. The Kier molecular flexibility index (Phi) is 4.50. The molecule has 2 aromatic rings. The summed E-state index contributed by atoms with van der Waals surface area (Å²) in [7, 11) is 0. The van der Waals surface area contributed by atoms with Crippen molar-refractivity contribution in [2.24, 2.45) is 0 Å². The van der Waals surface area contributed by atoms with E-state index in [1.807, 2.05) is 38.1 Å². The van der Waals surface area contributed by atoms with Crippen molar-refractivity contribution in [3.05, 3.63) is 35.2 Å². The Hall–Kier alpha value is -2.11. The lowest BCUT2D eigenvalue weighted by atomic mass is 10.0. The highest BCUT2D eigenvalue weighted by atomic mass is 16.5. The predicted octanol–water partition coefficient (Wildman–Crippen LogP) is 2.59.